The highest BCUT2D eigenvalue weighted by Gasteiger charge is 2.07. The van der Waals surface area contributed by atoms with Gasteiger partial charge in [-0.1, -0.05) is 13.8 Å². The normalized spacial score (nSPS) is 10.3. The van der Waals surface area contributed by atoms with Gasteiger partial charge in [-0.15, -0.1) is 0 Å². The first kappa shape index (κ1) is 11.2. The van der Waals surface area contributed by atoms with Crippen molar-refractivity contribution in [3.8, 4) is 5.75 Å². The van der Waals surface area contributed by atoms with Gasteiger partial charge in [-0.3, -0.25) is 9.78 Å². The number of rotatable bonds is 4. The van der Waals surface area contributed by atoms with Gasteiger partial charge in [0.05, 0.1) is 6.20 Å². The Kier molecular flexibility index (Phi) is 4.07. The van der Waals surface area contributed by atoms with Crippen LogP contribution < -0.4 is 4.74 Å². The lowest BCUT2D eigenvalue weighted by Crippen LogP contribution is -2.16. The van der Waals surface area contributed by atoms with Crippen LogP contribution in [-0.2, 0) is 4.79 Å². The Morgan fingerprint density at radius 2 is 2.29 bits per heavy atom. The van der Waals surface area contributed by atoms with Crippen LogP contribution in [0.4, 0.5) is 0 Å². The third-order valence-electron chi connectivity index (χ3n) is 1.70. The molecule has 1 rings (SSSR count). The third-order valence-corrected chi connectivity index (χ3v) is 2.14. The number of carbonyl (C=O) groups excluding carboxylic acids is 1. The molecule has 0 aliphatic carbocycles. The fraction of sp³-hybridized carbons (Fsp3) is 0.400. The maximum Gasteiger partial charge on any atom is 0.172 e. The summed E-state index contributed by atoms with van der Waals surface area (Å²) in [6.07, 6.45) is 3.25. The smallest absolute Gasteiger partial charge is 0.172 e. The molecule has 3 nitrogen and oxygen atoms in total. The van der Waals surface area contributed by atoms with Gasteiger partial charge in [-0.2, -0.15) is 0 Å². The number of ether oxygens (including phenoxy) is 1. The van der Waals surface area contributed by atoms with Crippen LogP contribution in [0, 0.1) is 5.92 Å². The van der Waals surface area contributed by atoms with E-state index in [1.165, 1.54) is 0 Å². The standard InChI is InChI=1S/C10H12BrNO2/c1-7(2)10(13)6-14-9-3-8(11)4-12-5-9/h3-5,7H,6H2,1-2H3. The number of nitrogens with zero attached hydrogens (tertiary/aromatic N) is 1. The minimum atomic E-state index is 0.00936. The molecule has 0 aliphatic rings. The molecule has 0 radical (unpaired) electrons. The van der Waals surface area contributed by atoms with Crippen molar-refractivity contribution in [2.75, 3.05) is 6.61 Å². The van der Waals surface area contributed by atoms with Crippen molar-refractivity contribution in [1.29, 1.82) is 0 Å². The lowest BCUT2D eigenvalue weighted by molar-refractivity contribution is -0.123. The van der Waals surface area contributed by atoms with Crippen LogP contribution in [0.2, 0.25) is 0 Å². The van der Waals surface area contributed by atoms with E-state index in [2.05, 4.69) is 20.9 Å². The molecular formula is C10H12BrNO2. The molecular weight excluding hydrogens is 246 g/mol. The number of hydrogen-bond donors (Lipinski definition) is 0. The zero-order valence-corrected chi connectivity index (χ0v) is 9.74. The molecule has 1 aromatic rings. The summed E-state index contributed by atoms with van der Waals surface area (Å²) in [5.41, 5.74) is 0. The Hall–Kier alpha value is -0.900. The number of carbonyl (C=O) groups is 1. The number of aromatic nitrogens is 1. The van der Waals surface area contributed by atoms with Gasteiger partial charge in [-0.05, 0) is 22.0 Å². The first-order chi connectivity index (χ1) is 6.59. The zero-order valence-electron chi connectivity index (χ0n) is 8.16. The van der Waals surface area contributed by atoms with Gasteiger partial charge in [0, 0.05) is 16.6 Å². The summed E-state index contributed by atoms with van der Waals surface area (Å²) < 4.78 is 6.11. The topological polar surface area (TPSA) is 39.2 Å². The van der Waals surface area contributed by atoms with Crippen LogP contribution in [0.1, 0.15) is 13.8 Å². The molecule has 1 aromatic heterocycles. The molecule has 14 heavy (non-hydrogen) atoms. The number of pyridine rings is 1. The lowest BCUT2D eigenvalue weighted by Gasteiger charge is -2.06. The minimum absolute atomic E-state index is 0.00936. The van der Waals surface area contributed by atoms with Crippen LogP contribution >= 0.6 is 15.9 Å². The maximum atomic E-state index is 11.2. The summed E-state index contributed by atoms with van der Waals surface area (Å²) in [4.78, 5) is 15.2. The van der Waals surface area contributed by atoms with E-state index >= 15 is 0 Å². The molecule has 0 fully saturated rings. The van der Waals surface area contributed by atoms with Gasteiger partial charge >= 0.3 is 0 Å². The second kappa shape index (κ2) is 5.10. The van der Waals surface area contributed by atoms with Crippen molar-refractivity contribution < 1.29 is 9.53 Å². The molecule has 0 saturated carbocycles. The van der Waals surface area contributed by atoms with Gasteiger partial charge in [0.1, 0.15) is 12.4 Å². The van der Waals surface area contributed by atoms with Crippen LogP contribution in [-0.4, -0.2) is 17.4 Å². The quantitative estimate of drug-likeness (QED) is 0.832. The Labute approximate surface area is 91.6 Å². The highest BCUT2D eigenvalue weighted by molar-refractivity contribution is 9.10. The van der Waals surface area contributed by atoms with Crippen molar-refractivity contribution in [3.63, 3.8) is 0 Å². The predicted octanol–water partition coefficient (Wildman–Crippen LogP) is 2.45. The van der Waals surface area contributed by atoms with Crippen LogP contribution in [0.15, 0.2) is 22.9 Å². The van der Waals surface area contributed by atoms with E-state index in [1.54, 1.807) is 18.5 Å². The Bertz CT molecular complexity index is 326. The van der Waals surface area contributed by atoms with E-state index < -0.39 is 0 Å². The van der Waals surface area contributed by atoms with Gasteiger partial charge in [-0.25, -0.2) is 0 Å². The maximum absolute atomic E-state index is 11.2. The van der Waals surface area contributed by atoms with E-state index in [0.717, 1.165) is 4.47 Å². The lowest BCUT2D eigenvalue weighted by atomic mass is 10.1. The molecule has 0 amide bonds. The van der Waals surface area contributed by atoms with Crippen molar-refractivity contribution in [2.24, 2.45) is 5.92 Å². The molecule has 0 atom stereocenters. The van der Waals surface area contributed by atoms with Crippen LogP contribution in [0.5, 0.6) is 5.75 Å². The van der Waals surface area contributed by atoms with E-state index in [9.17, 15) is 4.79 Å². The molecule has 4 heteroatoms. The fourth-order valence-electron chi connectivity index (χ4n) is 0.792. The molecule has 1 heterocycles. The molecule has 0 bridgehead atoms. The van der Waals surface area contributed by atoms with Crippen molar-refractivity contribution in [3.05, 3.63) is 22.9 Å². The average molecular weight is 258 g/mol. The largest absolute Gasteiger partial charge is 0.484 e. The number of hydrogen-bond acceptors (Lipinski definition) is 3. The Balaban J connectivity index is 2.50. The van der Waals surface area contributed by atoms with Gasteiger partial charge in [0.15, 0.2) is 5.78 Å². The Morgan fingerprint density at radius 1 is 1.57 bits per heavy atom. The van der Waals surface area contributed by atoms with E-state index in [0.29, 0.717) is 5.75 Å². The third kappa shape index (κ3) is 3.46. The first-order valence-electron chi connectivity index (χ1n) is 4.35. The number of halogens is 1. The highest BCUT2D eigenvalue weighted by atomic mass is 79.9. The summed E-state index contributed by atoms with van der Waals surface area (Å²) in [6.45, 7) is 3.81. The SMILES string of the molecule is CC(C)C(=O)COc1cncc(Br)c1. The minimum Gasteiger partial charge on any atom is -0.484 e. The summed E-state index contributed by atoms with van der Waals surface area (Å²) in [6, 6.07) is 1.78. The molecule has 0 saturated heterocycles. The highest BCUT2D eigenvalue weighted by Crippen LogP contribution is 2.15. The number of Topliss-reactive ketones (excluding diaryl/α,β-unsaturated/α-hetero) is 1. The predicted molar refractivity (Wildman–Crippen MR) is 57.3 cm³/mol. The monoisotopic (exact) mass is 257 g/mol. The van der Waals surface area contributed by atoms with E-state index in [-0.39, 0.29) is 18.3 Å². The van der Waals surface area contributed by atoms with E-state index in [1.807, 2.05) is 13.8 Å². The van der Waals surface area contributed by atoms with E-state index in [4.69, 9.17) is 4.74 Å². The summed E-state index contributed by atoms with van der Waals surface area (Å²) in [7, 11) is 0. The molecule has 0 aromatic carbocycles. The summed E-state index contributed by atoms with van der Waals surface area (Å²) in [5.74, 6) is 0.702. The average Bonchev–Trinajstić information content (AvgIpc) is 2.14. The summed E-state index contributed by atoms with van der Waals surface area (Å²) >= 11 is 3.27. The van der Waals surface area contributed by atoms with Gasteiger partial charge in [0.2, 0.25) is 0 Å². The Morgan fingerprint density at radius 3 is 2.86 bits per heavy atom. The second-order valence-electron chi connectivity index (χ2n) is 3.25. The second-order valence-corrected chi connectivity index (χ2v) is 4.16. The molecule has 0 N–H and O–H groups in total. The first-order valence-corrected chi connectivity index (χ1v) is 5.15. The fourth-order valence-corrected chi connectivity index (χ4v) is 1.14. The van der Waals surface area contributed by atoms with Crippen molar-refractivity contribution in [2.45, 2.75) is 13.8 Å². The van der Waals surface area contributed by atoms with Gasteiger partial charge < -0.3 is 4.74 Å². The van der Waals surface area contributed by atoms with Gasteiger partial charge in [0.25, 0.3) is 0 Å². The molecule has 76 valence electrons. The summed E-state index contributed by atoms with van der Waals surface area (Å²) in [5, 5.41) is 0. The number of ketones is 1. The van der Waals surface area contributed by atoms with Crippen LogP contribution in [0.3, 0.4) is 0 Å². The van der Waals surface area contributed by atoms with Crippen molar-refractivity contribution in [1.82, 2.24) is 4.98 Å². The van der Waals surface area contributed by atoms with Crippen LogP contribution in [0.25, 0.3) is 0 Å². The molecule has 0 unspecified atom stereocenters. The molecule has 0 spiro atoms. The zero-order chi connectivity index (χ0) is 10.6. The molecule has 0 aliphatic heterocycles. The van der Waals surface area contributed by atoms with Crippen molar-refractivity contribution >= 4 is 21.7 Å².